The van der Waals surface area contributed by atoms with Crippen molar-refractivity contribution in [3.63, 3.8) is 0 Å². The first-order valence-corrected chi connectivity index (χ1v) is 8.90. The second-order valence-corrected chi connectivity index (χ2v) is 5.95. The van der Waals surface area contributed by atoms with Crippen LogP contribution in [0.4, 0.5) is 0 Å². The van der Waals surface area contributed by atoms with Gasteiger partial charge in [-0.25, -0.2) is 0 Å². The molecule has 3 heteroatoms. The Balaban J connectivity index is 1.78. The number of hydrogen-bond donors (Lipinski definition) is 0. The maximum absolute atomic E-state index is 12.5. The molecule has 0 unspecified atom stereocenters. The molecule has 0 saturated carbocycles. The Kier molecular flexibility index (Phi) is 6.06. The fourth-order valence-corrected chi connectivity index (χ4v) is 2.87. The first kappa shape index (κ1) is 18.5. The summed E-state index contributed by atoms with van der Waals surface area (Å²) in [5.74, 6) is 1.24. The first-order valence-electron chi connectivity index (χ1n) is 8.90. The smallest absolute Gasteiger partial charge is 0.185 e. The summed E-state index contributed by atoms with van der Waals surface area (Å²) in [6, 6.07) is 23.3. The molecule has 0 atom stereocenters. The summed E-state index contributed by atoms with van der Waals surface area (Å²) in [7, 11) is 1.60. The summed E-state index contributed by atoms with van der Waals surface area (Å²) < 4.78 is 11.0. The highest BCUT2D eigenvalue weighted by molar-refractivity contribution is 6.07. The topological polar surface area (TPSA) is 35.5 Å². The van der Waals surface area contributed by atoms with Gasteiger partial charge in [-0.2, -0.15) is 0 Å². The molecule has 0 aliphatic carbocycles. The minimum absolute atomic E-state index is 0.0570. The molecule has 0 bridgehead atoms. The van der Waals surface area contributed by atoms with Crippen LogP contribution in [0.1, 0.15) is 22.8 Å². The van der Waals surface area contributed by atoms with Gasteiger partial charge in [0.1, 0.15) is 0 Å². The monoisotopic (exact) mass is 358 g/mol. The lowest BCUT2D eigenvalue weighted by atomic mass is 10.0. The van der Waals surface area contributed by atoms with Crippen LogP contribution >= 0.6 is 0 Å². The number of benzene rings is 3. The number of carbonyl (C=O) groups is 1. The fourth-order valence-electron chi connectivity index (χ4n) is 2.87. The number of methoxy groups -OCH3 is 1. The number of hydrogen-bond acceptors (Lipinski definition) is 3. The Morgan fingerprint density at radius 2 is 1.59 bits per heavy atom. The maximum Gasteiger partial charge on any atom is 0.185 e. The standard InChI is InChI=1S/C24H22O3/c1-3-27-23-11-7-10-21(24(23)26-2)16-17-22(25)20-14-12-19(13-15-20)18-8-5-4-6-9-18/h4-17H,3H2,1-2H3/b17-16+. The zero-order valence-electron chi connectivity index (χ0n) is 15.5. The molecule has 3 aromatic rings. The molecule has 0 amide bonds. The normalized spacial score (nSPS) is 10.7. The summed E-state index contributed by atoms with van der Waals surface area (Å²) in [4.78, 5) is 12.5. The van der Waals surface area contributed by atoms with Gasteiger partial charge < -0.3 is 9.47 Å². The predicted octanol–water partition coefficient (Wildman–Crippen LogP) is 5.66. The van der Waals surface area contributed by atoms with Crippen LogP contribution in [0.2, 0.25) is 0 Å². The molecule has 136 valence electrons. The van der Waals surface area contributed by atoms with Gasteiger partial charge in [0.15, 0.2) is 17.3 Å². The minimum Gasteiger partial charge on any atom is -0.492 e. The second kappa shape index (κ2) is 8.86. The van der Waals surface area contributed by atoms with Crippen LogP contribution in [0.5, 0.6) is 11.5 Å². The Hall–Kier alpha value is -3.33. The van der Waals surface area contributed by atoms with E-state index in [2.05, 4.69) is 0 Å². The van der Waals surface area contributed by atoms with Crippen molar-refractivity contribution in [3.05, 3.63) is 90.0 Å². The Morgan fingerprint density at radius 1 is 0.889 bits per heavy atom. The van der Waals surface area contributed by atoms with E-state index in [-0.39, 0.29) is 5.78 Å². The third-order valence-corrected chi connectivity index (χ3v) is 4.20. The van der Waals surface area contributed by atoms with E-state index in [9.17, 15) is 4.79 Å². The highest BCUT2D eigenvalue weighted by Gasteiger charge is 2.09. The Labute approximate surface area is 159 Å². The van der Waals surface area contributed by atoms with Crippen LogP contribution < -0.4 is 9.47 Å². The average Bonchev–Trinajstić information content (AvgIpc) is 2.73. The highest BCUT2D eigenvalue weighted by atomic mass is 16.5. The number of para-hydroxylation sites is 1. The van der Waals surface area contributed by atoms with Crippen molar-refractivity contribution >= 4 is 11.9 Å². The summed E-state index contributed by atoms with van der Waals surface area (Å²) in [5, 5.41) is 0. The van der Waals surface area contributed by atoms with E-state index >= 15 is 0 Å². The van der Waals surface area contributed by atoms with E-state index in [1.54, 1.807) is 19.3 Å². The fraction of sp³-hybridized carbons (Fsp3) is 0.125. The Bertz CT molecular complexity index is 926. The first-order chi connectivity index (χ1) is 13.2. The highest BCUT2D eigenvalue weighted by Crippen LogP contribution is 2.32. The summed E-state index contributed by atoms with van der Waals surface area (Å²) in [6.07, 6.45) is 3.32. The van der Waals surface area contributed by atoms with Gasteiger partial charge in [-0.1, -0.05) is 66.7 Å². The number of ether oxygens (including phenoxy) is 2. The molecule has 3 rings (SSSR count). The van der Waals surface area contributed by atoms with Crippen molar-refractivity contribution in [1.29, 1.82) is 0 Å². The van der Waals surface area contributed by atoms with Gasteiger partial charge in [-0.15, -0.1) is 0 Å². The molecule has 0 aliphatic rings. The van der Waals surface area contributed by atoms with E-state index in [1.165, 1.54) is 0 Å². The van der Waals surface area contributed by atoms with Crippen molar-refractivity contribution in [2.24, 2.45) is 0 Å². The van der Waals surface area contributed by atoms with Gasteiger partial charge in [-0.05, 0) is 36.3 Å². The lowest BCUT2D eigenvalue weighted by Crippen LogP contribution is -1.97. The van der Waals surface area contributed by atoms with E-state index < -0.39 is 0 Å². The van der Waals surface area contributed by atoms with Crippen molar-refractivity contribution in [2.45, 2.75) is 6.92 Å². The van der Waals surface area contributed by atoms with E-state index in [4.69, 9.17) is 9.47 Å². The van der Waals surface area contributed by atoms with Crippen LogP contribution in [0.15, 0.2) is 78.9 Å². The summed E-state index contributed by atoms with van der Waals surface area (Å²) in [6.45, 7) is 2.47. The predicted molar refractivity (Wildman–Crippen MR) is 109 cm³/mol. The van der Waals surface area contributed by atoms with Gasteiger partial charge in [-0.3, -0.25) is 4.79 Å². The van der Waals surface area contributed by atoms with Gasteiger partial charge in [0.05, 0.1) is 13.7 Å². The molecule has 0 radical (unpaired) electrons. The van der Waals surface area contributed by atoms with E-state index in [1.807, 2.05) is 79.7 Å². The third kappa shape index (κ3) is 4.45. The van der Waals surface area contributed by atoms with Crippen LogP contribution in [-0.4, -0.2) is 19.5 Å². The maximum atomic E-state index is 12.5. The van der Waals surface area contributed by atoms with Gasteiger partial charge in [0.25, 0.3) is 0 Å². The van der Waals surface area contributed by atoms with Crippen LogP contribution in [0, 0.1) is 0 Å². The molecule has 0 aliphatic heterocycles. The molecule has 27 heavy (non-hydrogen) atoms. The lowest BCUT2D eigenvalue weighted by molar-refractivity contribution is 0.104. The SMILES string of the molecule is CCOc1cccc(/C=C/C(=O)c2ccc(-c3ccccc3)cc2)c1OC. The third-order valence-electron chi connectivity index (χ3n) is 4.20. The largest absolute Gasteiger partial charge is 0.492 e. The minimum atomic E-state index is -0.0570. The van der Waals surface area contributed by atoms with Crippen molar-refractivity contribution in [3.8, 4) is 22.6 Å². The lowest BCUT2D eigenvalue weighted by Gasteiger charge is -2.11. The van der Waals surface area contributed by atoms with Gasteiger partial charge in [0.2, 0.25) is 0 Å². The quantitative estimate of drug-likeness (QED) is 0.404. The van der Waals surface area contributed by atoms with Gasteiger partial charge >= 0.3 is 0 Å². The second-order valence-electron chi connectivity index (χ2n) is 5.95. The van der Waals surface area contributed by atoms with Crippen LogP contribution in [0.25, 0.3) is 17.2 Å². The molecule has 0 N–H and O–H groups in total. The zero-order chi connectivity index (χ0) is 19.1. The number of carbonyl (C=O) groups excluding carboxylic acids is 1. The summed E-state index contributed by atoms with van der Waals surface area (Å²) >= 11 is 0. The molecule has 0 saturated heterocycles. The van der Waals surface area contributed by atoms with Crippen LogP contribution in [0.3, 0.4) is 0 Å². The Morgan fingerprint density at radius 3 is 2.26 bits per heavy atom. The molecular weight excluding hydrogens is 336 g/mol. The zero-order valence-corrected chi connectivity index (χ0v) is 15.5. The molecule has 0 spiro atoms. The van der Waals surface area contributed by atoms with Crippen molar-refractivity contribution in [1.82, 2.24) is 0 Å². The van der Waals surface area contributed by atoms with E-state index in [0.29, 0.717) is 23.7 Å². The van der Waals surface area contributed by atoms with Gasteiger partial charge in [0, 0.05) is 11.1 Å². The molecule has 3 aromatic carbocycles. The number of allylic oxidation sites excluding steroid dienone is 1. The molecule has 0 heterocycles. The molecule has 0 aromatic heterocycles. The van der Waals surface area contributed by atoms with Crippen molar-refractivity contribution < 1.29 is 14.3 Å². The number of ketones is 1. The molecular formula is C24H22O3. The van der Waals surface area contributed by atoms with Crippen LogP contribution in [-0.2, 0) is 0 Å². The molecule has 3 nitrogen and oxygen atoms in total. The summed E-state index contributed by atoms with van der Waals surface area (Å²) in [5.41, 5.74) is 3.66. The van der Waals surface area contributed by atoms with E-state index in [0.717, 1.165) is 16.7 Å². The van der Waals surface area contributed by atoms with Crippen molar-refractivity contribution in [2.75, 3.05) is 13.7 Å². The number of rotatable bonds is 7. The average molecular weight is 358 g/mol. The molecule has 0 fully saturated rings.